The maximum atomic E-state index is 1.50. The summed E-state index contributed by atoms with van der Waals surface area (Å²) < 4.78 is 0. The second kappa shape index (κ2) is 9.00. The molecule has 0 amide bonds. The minimum atomic E-state index is 0. The van der Waals surface area contributed by atoms with E-state index in [0.717, 1.165) is 0 Å². The summed E-state index contributed by atoms with van der Waals surface area (Å²) >= 11 is 0. The first kappa shape index (κ1) is 12.7. The van der Waals surface area contributed by atoms with Crippen molar-refractivity contribution in [2.45, 2.75) is 66.2 Å². The molecule has 10 heavy (non-hydrogen) atoms. The summed E-state index contributed by atoms with van der Waals surface area (Å²) in [6.45, 7) is 0. The van der Waals surface area contributed by atoms with E-state index in [1.165, 1.54) is 51.4 Å². The Morgan fingerprint density at radius 1 is 0.300 bits per heavy atom. The Kier molecular flexibility index (Phi) is 11.4. The van der Waals surface area contributed by atoms with Crippen LogP contribution in [0.1, 0.15) is 66.2 Å². The smallest absolute Gasteiger partial charge is 0.0533 e. The van der Waals surface area contributed by atoms with Crippen molar-refractivity contribution < 1.29 is 0 Å². The van der Waals surface area contributed by atoms with E-state index in [4.69, 9.17) is 0 Å². The van der Waals surface area contributed by atoms with Gasteiger partial charge in [0.2, 0.25) is 0 Å². The molecule has 0 aromatic rings. The van der Waals surface area contributed by atoms with Crippen LogP contribution in [0.2, 0.25) is 0 Å². The van der Waals surface area contributed by atoms with Crippen LogP contribution in [0.4, 0.5) is 0 Å². The molecule has 2 aliphatic carbocycles. The molecule has 0 aromatic heterocycles. The molecule has 0 aromatic carbocycles. The average Bonchev–Trinajstić information content (AvgIpc) is 1.12. The molecule has 64 valence electrons. The van der Waals surface area contributed by atoms with Crippen molar-refractivity contribution in [3.63, 3.8) is 0 Å². The Morgan fingerprint density at radius 2 is 0.400 bits per heavy atom. The standard InChI is InChI=1S/2C4H8.2CH4/c2*1-2-4-3-1;;/h2*1-4H2;2*1H4. The van der Waals surface area contributed by atoms with Gasteiger partial charge in [-0.3, -0.25) is 0 Å². The van der Waals surface area contributed by atoms with Crippen LogP contribution in [0.5, 0.6) is 0 Å². The first-order valence-electron chi connectivity index (χ1n) is 4.00. The van der Waals surface area contributed by atoms with Gasteiger partial charge in [0.1, 0.15) is 0 Å². The lowest BCUT2D eigenvalue weighted by molar-refractivity contribution is 0.504. The minimum absolute atomic E-state index is 0. The summed E-state index contributed by atoms with van der Waals surface area (Å²) in [6, 6.07) is 0. The lowest BCUT2D eigenvalue weighted by Gasteiger charge is -2.05. The molecule has 2 aliphatic rings. The molecular formula is C10H24. The number of hydrogen-bond donors (Lipinski definition) is 0. The fraction of sp³-hybridized carbons (Fsp3) is 1.00. The molecule has 0 unspecified atom stereocenters. The van der Waals surface area contributed by atoms with Gasteiger partial charge >= 0.3 is 0 Å². The van der Waals surface area contributed by atoms with Crippen molar-refractivity contribution in [1.29, 1.82) is 0 Å². The van der Waals surface area contributed by atoms with Crippen molar-refractivity contribution in [1.82, 2.24) is 0 Å². The zero-order chi connectivity index (χ0) is 5.66. The number of rotatable bonds is 0. The van der Waals surface area contributed by atoms with Gasteiger partial charge in [0.25, 0.3) is 0 Å². The highest BCUT2D eigenvalue weighted by molar-refractivity contribution is 4.51. The Bertz CT molecular complexity index is 24.0. The molecule has 0 aliphatic heterocycles. The summed E-state index contributed by atoms with van der Waals surface area (Å²) in [5.41, 5.74) is 0. The lowest BCUT2D eigenvalue weighted by atomic mass is 10.0. The third-order valence-electron chi connectivity index (χ3n) is 2.00. The second-order valence-corrected chi connectivity index (χ2v) is 2.83. The molecule has 2 fully saturated rings. The zero-order valence-electron chi connectivity index (χ0n) is 5.66. The highest BCUT2D eigenvalue weighted by Gasteiger charge is 1.95. The van der Waals surface area contributed by atoms with Gasteiger partial charge < -0.3 is 0 Å². The number of hydrogen-bond acceptors (Lipinski definition) is 0. The van der Waals surface area contributed by atoms with E-state index in [0.29, 0.717) is 0 Å². The van der Waals surface area contributed by atoms with Crippen LogP contribution in [-0.4, -0.2) is 0 Å². The van der Waals surface area contributed by atoms with Crippen LogP contribution >= 0.6 is 0 Å². The van der Waals surface area contributed by atoms with Crippen molar-refractivity contribution in [2.75, 3.05) is 0 Å². The van der Waals surface area contributed by atoms with Crippen molar-refractivity contribution >= 4 is 0 Å². The van der Waals surface area contributed by atoms with E-state index in [1.54, 1.807) is 0 Å². The van der Waals surface area contributed by atoms with Crippen LogP contribution in [-0.2, 0) is 0 Å². The van der Waals surface area contributed by atoms with Crippen molar-refractivity contribution in [2.24, 2.45) is 0 Å². The molecule has 2 saturated carbocycles. The summed E-state index contributed by atoms with van der Waals surface area (Å²) in [5.74, 6) is 0. The third kappa shape index (κ3) is 6.12. The Labute approximate surface area is 67.0 Å². The third-order valence-corrected chi connectivity index (χ3v) is 2.00. The highest BCUT2D eigenvalue weighted by Crippen LogP contribution is 2.15. The molecule has 0 heterocycles. The Morgan fingerprint density at radius 3 is 0.400 bits per heavy atom. The fourth-order valence-electron chi connectivity index (χ4n) is 0.500. The molecule has 0 radical (unpaired) electrons. The first-order valence-corrected chi connectivity index (χ1v) is 4.00. The quantitative estimate of drug-likeness (QED) is 0.473. The zero-order valence-corrected chi connectivity index (χ0v) is 5.66. The predicted molar refractivity (Wildman–Crippen MR) is 50.4 cm³/mol. The normalized spacial score (nSPS) is 19.2. The average molecular weight is 144 g/mol. The molecular weight excluding hydrogens is 120 g/mol. The SMILES string of the molecule is C.C.C1CCC1.C1CCC1. The van der Waals surface area contributed by atoms with E-state index in [1.807, 2.05) is 0 Å². The topological polar surface area (TPSA) is 0 Å². The van der Waals surface area contributed by atoms with E-state index < -0.39 is 0 Å². The van der Waals surface area contributed by atoms with Gasteiger partial charge in [-0.2, -0.15) is 0 Å². The van der Waals surface area contributed by atoms with Crippen LogP contribution < -0.4 is 0 Å². The van der Waals surface area contributed by atoms with Crippen LogP contribution in [0.15, 0.2) is 0 Å². The summed E-state index contributed by atoms with van der Waals surface area (Å²) in [7, 11) is 0. The predicted octanol–water partition coefficient (Wildman–Crippen LogP) is 4.39. The monoisotopic (exact) mass is 144 g/mol. The molecule has 0 atom stereocenters. The molecule has 0 N–H and O–H groups in total. The minimum Gasteiger partial charge on any atom is -0.0776 e. The van der Waals surface area contributed by atoms with Crippen LogP contribution in [0.25, 0.3) is 0 Å². The lowest BCUT2D eigenvalue weighted by Crippen LogP contribution is -1.85. The van der Waals surface area contributed by atoms with Gasteiger partial charge in [0.15, 0.2) is 0 Å². The fourth-order valence-corrected chi connectivity index (χ4v) is 0.500. The largest absolute Gasteiger partial charge is 0.0776 e. The molecule has 0 bridgehead atoms. The first-order chi connectivity index (χ1) is 4.00. The maximum Gasteiger partial charge on any atom is -0.0533 e. The highest BCUT2D eigenvalue weighted by atomic mass is 14.0. The van der Waals surface area contributed by atoms with Gasteiger partial charge in [0.05, 0.1) is 0 Å². The van der Waals surface area contributed by atoms with Crippen molar-refractivity contribution in [3.8, 4) is 0 Å². The van der Waals surface area contributed by atoms with Crippen LogP contribution in [0.3, 0.4) is 0 Å². The van der Waals surface area contributed by atoms with Gasteiger partial charge in [-0.25, -0.2) is 0 Å². The maximum absolute atomic E-state index is 1.50. The molecule has 0 nitrogen and oxygen atoms in total. The van der Waals surface area contributed by atoms with Gasteiger partial charge in [-0.1, -0.05) is 66.2 Å². The van der Waals surface area contributed by atoms with E-state index in [9.17, 15) is 0 Å². The van der Waals surface area contributed by atoms with E-state index in [2.05, 4.69) is 0 Å². The van der Waals surface area contributed by atoms with E-state index in [-0.39, 0.29) is 14.9 Å². The molecule has 2 rings (SSSR count). The molecule has 0 heteroatoms. The van der Waals surface area contributed by atoms with Crippen LogP contribution in [0, 0.1) is 0 Å². The summed E-state index contributed by atoms with van der Waals surface area (Å²) in [4.78, 5) is 0. The molecule has 0 spiro atoms. The van der Waals surface area contributed by atoms with Gasteiger partial charge in [0, 0.05) is 0 Å². The van der Waals surface area contributed by atoms with Gasteiger partial charge in [-0.05, 0) is 0 Å². The Hall–Kier alpha value is 0. The van der Waals surface area contributed by atoms with Crippen molar-refractivity contribution in [3.05, 3.63) is 0 Å². The van der Waals surface area contributed by atoms with Gasteiger partial charge in [-0.15, -0.1) is 0 Å². The second-order valence-electron chi connectivity index (χ2n) is 2.83. The summed E-state index contributed by atoms with van der Waals surface area (Å²) in [5, 5.41) is 0. The van der Waals surface area contributed by atoms with E-state index >= 15 is 0 Å². The Balaban J connectivity index is 0. The molecule has 0 saturated heterocycles. The summed E-state index contributed by atoms with van der Waals surface area (Å²) in [6.07, 6.45) is 12.0.